The van der Waals surface area contributed by atoms with Gasteiger partial charge >= 0.3 is 0 Å². The molecule has 2 rings (SSSR count). The molecule has 0 bridgehead atoms. The lowest BCUT2D eigenvalue weighted by Gasteiger charge is -2.18. The van der Waals surface area contributed by atoms with Gasteiger partial charge in [-0.25, -0.2) is 0 Å². The molecule has 0 unspecified atom stereocenters. The van der Waals surface area contributed by atoms with E-state index in [0.29, 0.717) is 0 Å². The van der Waals surface area contributed by atoms with Crippen LogP contribution in [-0.4, -0.2) is 16.2 Å². The molecule has 23 heavy (non-hydrogen) atoms. The fourth-order valence-corrected chi connectivity index (χ4v) is 2.22. The van der Waals surface area contributed by atoms with Crippen LogP contribution in [0.1, 0.15) is 31.9 Å². The predicted molar refractivity (Wildman–Crippen MR) is 92.2 cm³/mol. The molecule has 0 saturated heterocycles. The highest BCUT2D eigenvalue weighted by Gasteiger charge is 2.16. The first-order chi connectivity index (χ1) is 10.7. The molecule has 0 spiro atoms. The van der Waals surface area contributed by atoms with Gasteiger partial charge in [0.25, 0.3) is 5.69 Å². The zero-order valence-electron chi connectivity index (χ0n) is 13.1. The third-order valence-electron chi connectivity index (χ3n) is 3.37. The summed E-state index contributed by atoms with van der Waals surface area (Å²) in [5.74, 6) is -0.288. The largest absolute Gasteiger partial charge is 0.505 e. The number of rotatable bonds is 3. The Labute approximate surface area is 139 Å². The molecular weight excluding hydrogens is 316 g/mol. The Hall–Kier alpha value is -2.40. The summed E-state index contributed by atoms with van der Waals surface area (Å²) in [4.78, 5) is 14.2. The van der Waals surface area contributed by atoms with E-state index in [9.17, 15) is 15.2 Å². The normalized spacial score (nSPS) is 11.8. The van der Waals surface area contributed by atoms with Gasteiger partial charge in [-0.15, -0.1) is 0 Å². The lowest BCUT2D eigenvalue weighted by molar-refractivity contribution is -0.384. The van der Waals surface area contributed by atoms with E-state index in [2.05, 4.69) is 25.8 Å². The second-order valence-electron chi connectivity index (χ2n) is 6.18. The van der Waals surface area contributed by atoms with Gasteiger partial charge in [0.1, 0.15) is 16.5 Å². The van der Waals surface area contributed by atoms with E-state index in [-0.39, 0.29) is 27.6 Å². The predicted octanol–water partition coefficient (Wildman–Crippen LogP) is 5.00. The number of halogens is 1. The van der Waals surface area contributed by atoms with E-state index in [1.807, 2.05) is 24.3 Å². The quantitative estimate of drug-likeness (QED) is 0.488. The highest BCUT2D eigenvalue weighted by atomic mass is 35.5. The van der Waals surface area contributed by atoms with E-state index < -0.39 is 4.92 Å². The van der Waals surface area contributed by atoms with Crippen LogP contribution in [-0.2, 0) is 5.41 Å². The molecule has 0 saturated carbocycles. The molecule has 0 aromatic heterocycles. The molecule has 0 amide bonds. The summed E-state index contributed by atoms with van der Waals surface area (Å²) in [6.07, 6.45) is 1.57. The van der Waals surface area contributed by atoms with Crippen LogP contribution in [0.5, 0.6) is 5.75 Å². The zero-order chi connectivity index (χ0) is 17.2. The molecule has 2 aromatic rings. The summed E-state index contributed by atoms with van der Waals surface area (Å²) in [5.41, 5.74) is 1.96. The maximum atomic E-state index is 10.7. The highest BCUT2D eigenvalue weighted by Crippen LogP contribution is 2.36. The van der Waals surface area contributed by atoms with Gasteiger partial charge in [0.2, 0.25) is 0 Å². The minimum atomic E-state index is -0.652. The summed E-state index contributed by atoms with van der Waals surface area (Å²) in [6.45, 7) is 6.40. The lowest BCUT2D eigenvalue weighted by Crippen LogP contribution is -2.10. The Morgan fingerprint density at radius 2 is 1.83 bits per heavy atom. The van der Waals surface area contributed by atoms with Gasteiger partial charge in [0.05, 0.1) is 11.0 Å². The second-order valence-corrected chi connectivity index (χ2v) is 6.59. The Bertz CT molecular complexity index is 763. The molecule has 0 aliphatic carbocycles. The second kappa shape index (κ2) is 6.38. The van der Waals surface area contributed by atoms with E-state index in [0.717, 1.165) is 11.6 Å². The van der Waals surface area contributed by atoms with E-state index in [1.54, 1.807) is 6.21 Å². The number of phenols is 1. The first-order valence-electron chi connectivity index (χ1n) is 7.00. The van der Waals surface area contributed by atoms with Crippen LogP contribution in [0.2, 0.25) is 5.02 Å². The number of nitrogens with zero attached hydrogens (tertiary/aromatic N) is 2. The summed E-state index contributed by atoms with van der Waals surface area (Å²) in [5, 5.41) is 20.5. The highest BCUT2D eigenvalue weighted by molar-refractivity contribution is 6.33. The van der Waals surface area contributed by atoms with Crippen LogP contribution < -0.4 is 0 Å². The van der Waals surface area contributed by atoms with Gasteiger partial charge < -0.3 is 5.11 Å². The number of benzene rings is 2. The van der Waals surface area contributed by atoms with Crippen molar-refractivity contribution in [2.75, 3.05) is 0 Å². The minimum Gasteiger partial charge on any atom is -0.505 e. The first-order valence-corrected chi connectivity index (χ1v) is 7.38. The maximum Gasteiger partial charge on any atom is 0.291 e. The molecule has 0 heterocycles. The number of hydrogen-bond donors (Lipinski definition) is 1. The number of nitro groups is 1. The van der Waals surface area contributed by atoms with Crippen molar-refractivity contribution in [1.29, 1.82) is 0 Å². The van der Waals surface area contributed by atoms with Crippen molar-refractivity contribution in [3.8, 4) is 5.75 Å². The standard InChI is InChI=1S/C17H17ClN2O3/c1-17(2,3)12-6-4-11(5-7-12)10-19-14-8-13(18)15(20(22)23)9-16(14)21/h4-10,21H,1-3H3. The average Bonchev–Trinajstić information content (AvgIpc) is 2.47. The van der Waals surface area contributed by atoms with Gasteiger partial charge in [0.15, 0.2) is 0 Å². The minimum absolute atomic E-state index is 0.0666. The van der Waals surface area contributed by atoms with Crippen LogP contribution in [0.3, 0.4) is 0 Å². The van der Waals surface area contributed by atoms with Crippen molar-refractivity contribution >= 4 is 29.2 Å². The zero-order valence-corrected chi connectivity index (χ0v) is 13.8. The molecule has 5 nitrogen and oxygen atoms in total. The lowest BCUT2D eigenvalue weighted by atomic mass is 9.87. The molecule has 0 radical (unpaired) electrons. The Morgan fingerprint density at radius 3 is 2.35 bits per heavy atom. The maximum absolute atomic E-state index is 10.7. The van der Waals surface area contributed by atoms with Gasteiger partial charge in [-0.05, 0) is 22.6 Å². The Morgan fingerprint density at radius 1 is 1.22 bits per heavy atom. The molecule has 2 aromatic carbocycles. The van der Waals surface area contributed by atoms with Crippen molar-refractivity contribution < 1.29 is 10.0 Å². The molecule has 120 valence electrons. The number of aliphatic imine (C=N–C) groups is 1. The monoisotopic (exact) mass is 332 g/mol. The Kier molecular flexibility index (Phi) is 4.71. The molecular formula is C17H17ClN2O3. The Balaban J connectivity index is 2.27. The molecule has 0 fully saturated rings. The van der Waals surface area contributed by atoms with Crippen molar-refractivity contribution in [2.24, 2.45) is 4.99 Å². The fraction of sp³-hybridized carbons (Fsp3) is 0.235. The molecule has 0 aliphatic heterocycles. The van der Waals surface area contributed by atoms with E-state index in [1.165, 1.54) is 11.6 Å². The van der Waals surface area contributed by atoms with Gasteiger partial charge in [-0.2, -0.15) is 0 Å². The van der Waals surface area contributed by atoms with Crippen molar-refractivity contribution in [3.63, 3.8) is 0 Å². The summed E-state index contributed by atoms with van der Waals surface area (Å²) >= 11 is 5.82. The van der Waals surface area contributed by atoms with E-state index >= 15 is 0 Å². The summed E-state index contributed by atoms with van der Waals surface area (Å²) in [6, 6.07) is 10.2. The number of phenolic OH excluding ortho intramolecular Hbond substituents is 1. The molecule has 1 N–H and O–H groups in total. The molecule has 0 atom stereocenters. The van der Waals surface area contributed by atoms with Gasteiger partial charge in [-0.3, -0.25) is 15.1 Å². The van der Waals surface area contributed by atoms with Crippen LogP contribution >= 0.6 is 11.6 Å². The van der Waals surface area contributed by atoms with Crippen LogP contribution in [0.15, 0.2) is 41.4 Å². The number of nitro benzene ring substituents is 1. The number of hydrogen-bond acceptors (Lipinski definition) is 4. The third-order valence-corrected chi connectivity index (χ3v) is 3.67. The molecule has 6 heteroatoms. The summed E-state index contributed by atoms with van der Waals surface area (Å²) < 4.78 is 0. The van der Waals surface area contributed by atoms with Crippen molar-refractivity contribution in [1.82, 2.24) is 0 Å². The average molecular weight is 333 g/mol. The SMILES string of the molecule is CC(C)(C)c1ccc(C=Nc2cc(Cl)c([N+](=O)[O-])cc2O)cc1. The summed E-state index contributed by atoms with van der Waals surface area (Å²) in [7, 11) is 0. The van der Waals surface area contributed by atoms with Crippen molar-refractivity contribution in [2.45, 2.75) is 26.2 Å². The number of aromatic hydroxyl groups is 1. The smallest absolute Gasteiger partial charge is 0.291 e. The van der Waals surface area contributed by atoms with E-state index in [4.69, 9.17) is 11.6 Å². The topological polar surface area (TPSA) is 75.7 Å². The fourth-order valence-electron chi connectivity index (χ4n) is 2.00. The van der Waals surface area contributed by atoms with Crippen LogP contribution in [0.25, 0.3) is 0 Å². The molecule has 0 aliphatic rings. The van der Waals surface area contributed by atoms with Gasteiger partial charge in [0, 0.05) is 6.21 Å². The van der Waals surface area contributed by atoms with Crippen LogP contribution in [0, 0.1) is 10.1 Å². The van der Waals surface area contributed by atoms with Crippen LogP contribution in [0.4, 0.5) is 11.4 Å². The van der Waals surface area contributed by atoms with Gasteiger partial charge in [-0.1, -0.05) is 56.6 Å². The third kappa shape index (κ3) is 4.07. The first kappa shape index (κ1) is 17.0. The van der Waals surface area contributed by atoms with Crippen molar-refractivity contribution in [3.05, 3.63) is 62.7 Å².